The van der Waals surface area contributed by atoms with Crippen LogP contribution < -0.4 is 0 Å². The second-order valence-corrected chi connectivity index (χ2v) is 7.56. The van der Waals surface area contributed by atoms with E-state index in [1.165, 1.54) is 5.69 Å². The molecule has 23 heavy (non-hydrogen) atoms. The summed E-state index contributed by atoms with van der Waals surface area (Å²) in [5.74, 6) is 0. The minimum Gasteiger partial charge on any atom is -0.444 e. The van der Waals surface area contributed by atoms with Crippen LogP contribution in [0.1, 0.15) is 32.9 Å². The third-order valence-electron chi connectivity index (χ3n) is 3.54. The Bertz CT molecular complexity index is 704. The highest BCUT2D eigenvalue weighted by Crippen LogP contribution is 2.27. The summed E-state index contributed by atoms with van der Waals surface area (Å²) in [6, 6.07) is 6.02. The highest BCUT2D eigenvalue weighted by Gasteiger charge is 2.19. The number of hydrogen-bond donors (Lipinski definition) is 0. The van der Waals surface area contributed by atoms with E-state index in [2.05, 4.69) is 21.0 Å². The maximum atomic E-state index is 12.0. The molecule has 1 amide bonds. The quantitative estimate of drug-likeness (QED) is 0.799. The Morgan fingerprint density at radius 3 is 2.74 bits per heavy atom. The van der Waals surface area contributed by atoms with Gasteiger partial charge in [0.05, 0.1) is 5.52 Å². The van der Waals surface area contributed by atoms with Crippen molar-refractivity contribution in [1.29, 1.82) is 0 Å². The third kappa shape index (κ3) is 4.47. The summed E-state index contributed by atoms with van der Waals surface area (Å²) < 4.78 is 8.34. The number of aromatic nitrogens is 2. The van der Waals surface area contributed by atoms with Crippen LogP contribution in [-0.4, -0.2) is 40.0 Å². The zero-order valence-electron chi connectivity index (χ0n) is 14.4. The molecule has 1 aromatic carbocycles. The summed E-state index contributed by atoms with van der Waals surface area (Å²) in [4.78, 5) is 13.6. The first kappa shape index (κ1) is 17.8. The van der Waals surface area contributed by atoms with Crippen molar-refractivity contribution in [2.24, 2.45) is 7.05 Å². The van der Waals surface area contributed by atoms with E-state index in [9.17, 15) is 4.79 Å². The highest BCUT2D eigenvalue weighted by molar-refractivity contribution is 9.10. The molecule has 0 atom stereocenters. The van der Waals surface area contributed by atoms with Crippen LogP contribution in [0.25, 0.3) is 10.9 Å². The Hall–Kier alpha value is -1.56. The van der Waals surface area contributed by atoms with E-state index in [-0.39, 0.29) is 6.09 Å². The normalized spacial score (nSPS) is 11.7. The fourth-order valence-electron chi connectivity index (χ4n) is 2.47. The molecule has 0 fully saturated rings. The molecule has 0 saturated heterocycles. The molecule has 0 N–H and O–H groups in total. The molecule has 2 rings (SSSR count). The SMILES string of the molecule is CN(CCCc1c2c(Br)cccc2nn1C)C(=O)OC(C)(C)C. The number of carbonyl (C=O) groups is 1. The maximum absolute atomic E-state index is 12.0. The first-order chi connectivity index (χ1) is 10.7. The van der Waals surface area contributed by atoms with E-state index >= 15 is 0 Å². The van der Waals surface area contributed by atoms with Gasteiger partial charge in [-0.25, -0.2) is 4.79 Å². The smallest absolute Gasteiger partial charge is 0.410 e. The molecule has 0 spiro atoms. The summed E-state index contributed by atoms with van der Waals surface area (Å²) in [5.41, 5.74) is 1.69. The van der Waals surface area contributed by atoms with Gasteiger partial charge < -0.3 is 9.64 Å². The molecule has 126 valence electrons. The number of aryl methyl sites for hydroxylation is 2. The van der Waals surface area contributed by atoms with E-state index in [1.54, 1.807) is 11.9 Å². The van der Waals surface area contributed by atoms with Gasteiger partial charge >= 0.3 is 6.09 Å². The molecular formula is C17H24BrN3O2. The van der Waals surface area contributed by atoms with Crippen LogP contribution in [0.2, 0.25) is 0 Å². The number of hydrogen-bond acceptors (Lipinski definition) is 3. The number of halogens is 1. The molecule has 6 heteroatoms. The molecular weight excluding hydrogens is 358 g/mol. The molecule has 0 aliphatic heterocycles. The van der Waals surface area contributed by atoms with Crippen molar-refractivity contribution in [3.05, 3.63) is 28.4 Å². The second-order valence-electron chi connectivity index (χ2n) is 6.71. The Kier molecular flexibility index (Phi) is 5.34. The molecule has 0 bridgehead atoms. The third-order valence-corrected chi connectivity index (χ3v) is 4.20. The number of ether oxygens (including phenoxy) is 1. The summed E-state index contributed by atoms with van der Waals surface area (Å²) in [5, 5.41) is 5.68. The van der Waals surface area contributed by atoms with Gasteiger partial charge in [-0.2, -0.15) is 5.10 Å². The van der Waals surface area contributed by atoms with Crippen LogP contribution in [0, 0.1) is 0 Å². The number of nitrogens with zero attached hydrogens (tertiary/aromatic N) is 3. The lowest BCUT2D eigenvalue weighted by molar-refractivity contribution is 0.0297. The number of amides is 1. The first-order valence-electron chi connectivity index (χ1n) is 7.73. The van der Waals surface area contributed by atoms with Gasteiger partial charge in [-0.1, -0.05) is 22.0 Å². The number of carbonyl (C=O) groups excluding carboxylic acids is 1. The Morgan fingerprint density at radius 2 is 2.09 bits per heavy atom. The van der Waals surface area contributed by atoms with Crippen molar-refractivity contribution < 1.29 is 9.53 Å². The molecule has 0 unspecified atom stereocenters. The number of rotatable bonds is 4. The van der Waals surface area contributed by atoms with Crippen LogP contribution in [0.5, 0.6) is 0 Å². The standard InChI is InChI=1S/C17H24BrN3O2/c1-17(2,3)23-16(22)20(4)11-7-10-14-15-12(18)8-6-9-13(15)19-21(14)5/h6,8-9H,7,10-11H2,1-5H3. The molecule has 5 nitrogen and oxygen atoms in total. The van der Waals surface area contributed by atoms with Crippen molar-refractivity contribution in [2.45, 2.75) is 39.2 Å². The maximum Gasteiger partial charge on any atom is 0.410 e. The van der Waals surface area contributed by atoms with Gasteiger partial charge in [0.25, 0.3) is 0 Å². The topological polar surface area (TPSA) is 47.4 Å². The van der Waals surface area contributed by atoms with Gasteiger partial charge in [0.15, 0.2) is 0 Å². The number of benzene rings is 1. The Balaban J connectivity index is 1.99. The lowest BCUT2D eigenvalue weighted by Crippen LogP contribution is -2.34. The monoisotopic (exact) mass is 381 g/mol. The lowest BCUT2D eigenvalue weighted by atomic mass is 10.1. The molecule has 1 aromatic heterocycles. The minimum atomic E-state index is -0.464. The van der Waals surface area contributed by atoms with E-state index in [0.717, 1.165) is 28.2 Å². The first-order valence-corrected chi connectivity index (χ1v) is 8.52. The Labute approximate surface area is 145 Å². The molecule has 0 aliphatic rings. The zero-order chi connectivity index (χ0) is 17.2. The van der Waals surface area contributed by atoms with Crippen molar-refractivity contribution in [2.75, 3.05) is 13.6 Å². The summed E-state index contributed by atoms with van der Waals surface area (Å²) in [7, 11) is 3.73. The molecule has 2 aromatic rings. The van der Waals surface area contributed by atoms with Crippen LogP contribution in [-0.2, 0) is 18.2 Å². The van der Waals surface area contributed by atoms with Crippen LogP contribution in [0.4, 0.5) is 4.79 Å². The van der Waals surface area contributed by atoms with Crippen LogP contribution >= 0.6 is 15.9 Å². The fraction of sp³-hybridized carbons (Fsp3) is 0.529. The van der Waals surface area contributed by atoms with Gasteiger partial charge in [-0.3, -0.25) is 4.68 Å². The summed E-state index contributed by atoms with van der Waals surface area (Å²) in [6.45, 7) is 6.26. The average molecular weight is 382 g/mol. The van der Waals surface area contributed by atoms with Crippen molar-refractivity contribution >= 4 is 32.9 Å². The van der Waals surface area contributed by atoms with Crippen LogP contribution in [0.3, 0.4) is 0 Å². The highest BCUT2D eigenvalue weighted by atomic mass is 79.9. The lowest BCUT2D eigenvalue weighted by Gasteiger charge is -2.24. The van der Waals surface area contributed by atoms with Gasteiger partial charge in [-0.05, 0) is 45.7 Å². The summed E-state index contributed by atoms with van der Waals surface area (Å²) >= 11 is 3.60. The second kappa shape index (κ2) is 6.91. The van der Waals surface area contributed by atoms with Gasteiger partial charge in [-0.15, -0.1) is 0 Å². The minimum absolute atomic E-state index is 0.284. The van der Waals surface area contributed by atoms with E-state index in [0.29, 0.717) is 6.54 Å². The predicted octanol–water partition coefficient (Wildman–Crippen LogP) is 4.14. The molecule has 0 saturated carbocycles. The molecule has 1 heterocycles. The summed E-state index contributed by atoms with van der Waals surface area (Å²) in [6.07, 6.45) is 1.42. The van der Waals surface area contributed by atoms with Crippen LogP contribution in [0.15, 0.2) is 22.7 Å². The van der Waals surface area contributed by atoms with Gasteiger partial charge in [0.2, 0.25) is 0 Å². The fourth-order valence-corrected chi connectivity index (χ4v) is 3.05. The van der Waals surface area contributed by atoms with E-state index in [1.807, 2.05) is 50.7 Å². The van der Waals surface area contributed by atoms with Crippen molar-refractivity contribution in [3.8, 4) is 0 Å². The molecule has 0 aliphatic carbocycles. The van der Waals surface area contributed by atoms with E-state index < -0.39 is 5.60 Å². The van der Waals surface area contributed by atoms with Crippen molar-refractivity contribution in [1.82, 2.24) is 14.7 Å². The molecule has 0 radical (unpaired) electrons. The average Bonchev–Trinajstić information content (AvgIpc) is 2.74. The Morgan fingerprint density at radius 1 is 1.39 bits per heavy atom. The zero-order valence-corrected chi connectivity index (χ0v) is 16.0. The van der Waals surface area contributed by atoms with Gasteiger partial charge in [0.1, 0.15) is 5.60 Å². The predicted molar refractivity (Wildman–Crippen MR) is 95.6 cm³/mol. The largest absolute Gasteiger partial charge is 0.444 e. The number of fused-ring (bicyclic) bond motifs is 1. The van der Waals surface area contributed by atoms with E-state index in [4.69, 9.17) is 4.74 Å². The van der Waals surface area contributed by atoms with Crippen molar-refractivity contribution in [3.63, 3.8) is 0 Å². The van der Waals surface area contributed by atoms with Gasteiger partial charge in [0, 0.05) is 36.2 Å².